The van der Waals surface area contributed by atoms with Gasteiger partial charge in [0.15, 0.2) is 0 Å². The second kappa shape index (κ2) is 7.28. The monoisotopic (exact) mass is 442 g/mol. The van der Waals surface area contributed by atoms with E-state index >= 15 is 0 Å². The Bertz CT molecular complexity index is 974. The van der Waals surface area contributed by atoms with Gasteiger partial charge in [0.25, 0.3) is 0 Å². The van der Waals surface area contributed by atoms with Gasteiger partial charge in [-0.25, -0.2) is 4.98 Å². The summed E-state index contributed by atoms with van der Waals surface area (Å²) < 4.78 is 1.03. The lowest BCUT2D eigenvalue weighted by Gasteiger charge is -2.03. The molecule has 1 heterocycles. The van der Waals surface area contributed by atoms with Crippen LogP contribution in [-0.2, 0) is 0 Å². The molecule has 0 aliphatic carbocycles. The third-order valence-electron chi connectivity index (χ3n) is 4.07. The molecule has 4 aromatic rings. The summed E-state index contributed by atoms with van der Waals surface area (Å²) in [6.07, 6.45) is 0. The molecular formula is C21H13BrCl2N2. The number of nitrogens with zero attached hydrogens (tertiary/aromatic N) is 1. The maximum absolute atomic E-state index is 6.04. The van der Waals surface area contributed by atoms with E-state index in [9.17, 15) is 0 Å². The minimum absolute atomic E-state index is 0.700. The fourth-order valence-corrected chi connectivity index (χ4v) is 3.28. The molecule has 0 spiro atoms. The lowest BCUT2D eigenvalue weighted by atomic mass is 10.1. The van der Waals surface area contributed by atoms with E-state index in [1.54, 1.807) is 0 Å². The van der Waals surface area contributed by atoms with Crippen LogP contribution < -0.4 is 0 Å². The second-order valence-corrected chi connectivity index (χ2v) is 7.62. The van der Waals surface area contributed by atoms with Crippen LogP contribution in [0, 0.1) is 0 Å². The molecule has 0 aliphatic rings. The first kappa shape index (κ1) is 17.3. The average molecular weight is 444 g/mol. The normalized spacial score (nSPS) is 10.9. The minimum Gasteiger partial charge on any atom is -0.337 e. The van der Waals surface area contributed by atoms with Crippen molar-refractivity contribution in [1.29, 1.82) is 0 Å². The highest BCUT2D eigenvalue weighted by atomic mass is 79.9. The topological polar surface area (TPSA) is 28.7 Å². The number of halogens is 3. The largest absolute Gasteiger partial charge is 0.337 e. The summed E-state index contributed by atoms with van der Waals surface area (Å²) in [4.78, 5) is 8.33. The molecule has 4 rings (SSSR count). The van der Waals surface area contributed by atoms with Gasteiger partial charge in [-0.05, 0) is 36.4 Å². The number of aromatic amines is 1. The zero-order valence-corrected chi connectivity index (χ0v) is 16.6. The average Bonchev–Trinajstić information content (AvgIpc) is 3.09. The molecule has 2 nitrogen and oxygen atoms in total. The first-order chi connectivity index (χ1) is 12.6. The van der Waals surface area contributed by atoms with E-state index in [4.69, 9.17) is 28.2 Å². The molecule has 26 heavy (non-hydrogen) atoms. The highest BCUT2D eigenvalue weighted by Crippen LogP contribution is 2.34. The van der Waals surface area contributed by atoms with Gasteiger partial charge in [-0.2, -0.15) is 0 Å². The number of aromatic nitrogens is 2. The Balaban J connectivity index is 1.88. The Morgan fingerprint density at radius 3 is 1.73 bits per heavy atom. The molecule has 0 aliphatic heterocycles. The van der Waals surface area contributed by atoms with Crippen LogP contribution in [0.1, 0.15) is 0 Å². The molecule has 0 saturated heterocycles. The molecule has 1 aromatic heterocycles. The van der Waals surface area contributed by atoms with Crippen molar-refractivity contribution in [2.75, 3.05) is 0 Å². The summed E-state index contributed by atoms with van der Waals surface area (Å²) in [6, 6.07) is 23.5. The summed E-state index contributed by atoms with van der Waals surface area (Å²) in [7, 11) is 0. The number of H-pyrrole nitrogens is 1. The van der Waals surface area contributed by atoms with Gasteiger partial charge < -0.3 is 4.98 Å². The SMILES string of the molecule is Clc1ccc(-c2nc(-c3ccc(Br)cc3)[nH]c2-c2ccc(Cl)cc2)cc1. The third-order valence-corrected chi connectivity index (χ3v) is 5.10. The molecule has 128 valence electrons. The molecule has 5 heteroatoms. The van der Waals surface area contributed by atoms with Crippen molar-refractivity contribution in [3.05, 3.63) is 87.3 Å². The van der Waals surface area contributed by atoms with Crippen LogP contribution in [0.2, 0.25) is 10.0 Å². The van der Waals surface area contributed by atoms with E-state index in [0.29, 0.717) is 10.0 Å². The predicted molar refractivity (Wildman–Crippen MR) is 113 cm³/mol. The van der Waals surface area contributed by atoms with Gasteiger partial charge in [-0.3, -0.25) is 0 Å². The minimum atomic E-state index is 0.700. The fourth-order valence-electron chi connectivity index (χ4n) is 2.76. The molecule has 0 radical (unpaired) electrons. The van der Waals surface area contributed by atoms with E-state index in [-0.39, 0.29) is 0 Å². The number of hydrogen-bond acceptors (Lipinski definition) is 1. The number of nitrogens with one attached hydrogen (secondary N) is 1. The zero-order chi connectivity index (χ0) is 18.1. The van der Waals surface area contributed by atoms with E-state index in [2.05, 4.69) is 20.9 Å². The summed E-state index contributed by atoms with van der Waals surface area (Å²) in [5.74, 6) is 0.812. The standard InChI is InChI=1S/C21H13BrCl2N2/c22-16-7-1-15(2-8-16)21-25-19(13-3-9-17(23)10-4-13)20(26-21)14-5-11-18(24)12-6-14/h1-12H,(H,25,26). The third kappa shape index (κ3) is 3.56. The van der Waals surface area contributed by atoms with Crippen molar-refractivity contribution in [1.82, 2.24) is 9.97 Å². The van der Waals surface area contributed by atoms with Crippen LogP contribution in [0.4, 0.5) is 0 Å². The molecule has 0 bridgehead atoms. The van der Waals surface area contributed by atoms with E-state index in [1.807, 2.05) is 72.8 Å². The Labute approximate surface area is 170 Å². The second-order valence-electron chi connectivity index (χ2n) is 5.83. The molecule has 1 N–H and O–H groups in total. The van der Waals surface area contributed by atoms with Crippen molar-refractivity contribution >= 4 is 39.1 Å². The summed E-state index contributed by atoms with van der Waals surface area (Å²) >= 11 is 15.6. The fraction of sp³-hybridized carbons (Fsp3) is 0. The zero-order valence-electron chi connectivity index (χ0n) is 13.5. The number of benzene rings is 3. The number of rotatable bonds is 3. The molecule has 0 amide bonds. The van der Waals surface area contributed by atoms with Crippen molar-refractivity contribution in [2.45, 2.75) is 0 Å². The van der Waals surface area contributed by atoms with Crippen LogP contribution in [0.25, 0.3) is 33.9 Å². The summed E-state index contributed by atoms with van der Waals surface area (Å²) in [5, 5.41) is 1.40. The van der Waals surface area contributed by atoms with E-state index in [0.717, 1.165) is 38.4 Å². The molecule has 0 fully saturated rings. The van der Waals surface area contributed by atoms with Crippen molar-refractivity contribution < 1.29 is 0 Å². The quantitative estimate of drug-likeness (QED) is 0.349. The summed E-state index contributed by atoms with van der Waals surface area (Å²) in [5.41, 5.74) is 4.86. The van der Waals surface area contributed by atoms with Gasteiger partial charge in [0.2, 0.25) is 0 Å². The van der Waals surface area contributed by atoms with Crippen LogP contribution in [0.15, 0.2) is 77.3 Å². The predicted octanol–water partition coefficient (Wildman–Crippen LogP) is 7.48. The van der Waals surface area contributed by atoms with Gasteiger partial charge in [0.1, 0.15) is 5.82 Å². The van der Waals surface area contributed by atoms with Crippen molar-refractivity contribution in [3.63, 3.8) is 0 Å². The Morgan fingerprint density at radius 1 is 0.654 bits per heavy atom. The Hall–Kier alpha value is -2.07. The summed E-state index contributed by atoms with van der Waals surface area (Å²) in [6.45, 7) is 0. The highest BCUT2D eigenvalue weighted by Gasteiger charge is 2.15. The van der Waals surface area contributed by atoms with Gasteiger partial charge in [-0.1, -0.05) is 75.5 Å². The van der Waals surface area contributed by atoms with Crippen LogP contribution >= 0.6 is 39.1 Å². The van der Waals surface area contributed by atoms with Gasteiger partial charge >= 0.3 is 0 Å². The van der Waals surface area contributed by atoms with Crippen LogP contribution in [-0.4, -0.2) is 9.97 Å². The van der Waals surface area contributed by atoms with Crippen LogP contribution in [0.5, 0.6) is 0 Å². The first-order valence-corrected chi connectivity index (χ1v) is 9.53. The number of imidazole rings is 1. The number of hydrogen-bond donors (Lipinski definition) is 1. The van der Waals surface area contributed by atoms with Gasteiger partial charge in [-0.15, -0.1) is 0 Å². The first-order valence-electron chi connectivity index (χ1n) is 7.98. The molecule has 0 unspecified atom stereocenters. The maximum atomic E-state index is 6.04. The Kier molecular flexibility index (Phi) is 4.86. The molecule has 0 saturated carbocycles. The van der Waals surface area contributed by atoms with Gasteiger partial charge in [0, 0.05) is 31.2 Å². The molecule has 0 atom stereocenters. The lowest BCUT2D eigenvalue weighted by molar-refractivity contribution is 1.31. The highest BCUT2D eigenvalue weighted by molar-refractivity contribution is 9.10. The van der Waals surface area contributed by atoms with Gasteiger partial charge in [0.05, 0.1) is 11.4 Å². The Morgan fingerprint density at radius 2 is 1.15 bits per heavy atom. The van der Waals surface area contributed by atoms with Crippen molar-refractivity contribution in [3.8, 4) is 33.9 Å². The van der Waals surface area contributed by atoms with Crippen LogP contribution in [0.3, 0.4) is 0 Å². The molecular weight excluding hydrogens is 431 g/mol. The van der Waals surface area contributed by atoms with E-state index in [1.165, 1.54) is 0 Å². The van der Waals surface area contributed by atoms with E-state index < -0.39 is 0 Å². The van der Waals surface area contributed by atoms with Crippen molar-refractivity contribution in [2.24, 2.45) is 0 Å². The smallest absolute Gasteiger partial charge is 0.138 e. The lowest BCUT2D eigenvalue weighted by Crippen LogP contribution is -1.83. The molecule has 3 aromatic carbocycles. The maximum Gasteiger partial charge on any atom is 0.138 e.